The van der Waals surface area contributed by atoms with Gasteiger partial charge in [-0.3, -0.25) is 0 Å². The van der Waals surface area contributed by atoms with Crippen molar-refractivity contribution in [2.75, 3.05) is 13.2 Å². The molecule has 1 heterocycles. The number of hydrogen-bond donors (Lipinski definition) is 0. The van der Waals surface area contributed by atoms with Crippen molar-refractivity contribution >= 4 is 11.9 Å². The summed E-state index contributed by atoms with van der Waals surface area (Å²) in [5.41, 5.74) is 0.827. The van der Waals surface area contributed by atoms with E-state index in [9.17, 15) is 9.59 Å². The second-order valence-corrected chi connectivity index (χ2v) is 9.22. The molecule has 0 N–H and O–H groups in total. The van der Waals surface area contributed by atoms with Gasteiger partial charge in [-0.15, -0.1) is 0 Å². The van der Waals surface area contributed by atoms with Crippen LogP contribution in [0, 0.1) is 0 Å². The molecule has 0 aromatic heterocycles. The SMILES string of the molecule is O=C1OCCCCCCCCCCCCCCCCCCCCOC(=O)c2cccc1c2. The third-order valence-electron chi connectivity index (χ3n) is 6.34. The molecule has 4 heteroatoms. The number of cyclic esters (lactones) is 2. The number of fused-ring (bicyclic) bond motifs is 2. The van der Waals surface area contributed by atoms with Gasteiger partial charge in [0, 0.05) is 0 Å². The number of benzene rings is 1. The number of ether oxygens (including phenoxy) is 2. The zero-order valence-corrected chi connectivity index (χ0v) is 20.1. The summed E-state index contributed by atoms with van der Waals surface area (Å²) in [5.74, 6) is -0.728. The molecule has 2 bridgehead atoms. The van der Waals surface area contributed by atoms with E-state index in [0.717, 1.165) is 25.7 Å². The quantitative estimate of drug-likeness (QED) is 0.380. The lowest BCUT2D eigenvalue weighted by atomic mass is 10.0. The Morgan fingerprint density at radius 1 is 0.438 bits per heavy atom. The predicted molar refractivity (Wildman–Crippen MR) is 130 cm³/mol. The average Bonchev–Trinajstić information content (AvgIpc) is 2.81. The summed E-state index contributed by atoms with van der Waals surface area (Å²) in [5, 5.41) is 0. The van der Waals surface area contributed by atoms with E-state index in [1.165, 1.54) is 89.9 Å². The molecule has 180 valence electrons. The van der Waals surface area contributed by atoms with Gasteiger partial charge in [0.25, 0.3) is 0 Å². The molecule has 0 fully saturated rings. The molecule has 1 aliphatic rings. The minimum Gasteiger partial charge on any atom is -0.462 e. The van der Waals surface area contributed by atoms with E-state index in [-0.39, 0.29) is 11.9 Å². The highest BCUT2D eigenvalue weighted by molar-refractivity contribution is 5.95. The van der Waals surface area contributed by atoms with Crippen molar-refractivity contribution in [3.63, 3.8) is 0 Å². The normalized spacial score (nSPS) is 20.5. The number of hydrogen-bond acceptors (Lipinski definition) is 4. The summed E-state index contributed by atoms with van der Waals surface area (Å²) in [6, 6.07) is 6.67. The number of rotatable bonds is 0. The molecule has 0 amide bonds. The van der Waals surface area contributed by atoms with Crippen LogP contribution in [0.5, 0.6) is 0 Å². The largest absolute Gasteiger partial charge is 0.462 e. The van der Waals surface area contributed by atoms with Gasteiger partial charge in [-0.25, -0.2) is 9.59 Å². The van der Waals surface area contributed by atoms with Crippen LogP contribution in [0.2, 0.25) is 0 Å². The fourth-order valence-corrected chi connectivity index (χ4v) is 4.30. The zero-order chi connectivity index (χ0) is 22.7. The number of carbonyl (C=O) groups is 2. The Bertz CT molecular complexity index is 589. The Labute approximate surface area is 195 Å². The summed E-state index contributed by atoms with van der Waals surface area (Å²) < 4.78 is 10.8. The highest BCUT2D eigenvalue weighted by atomic mass is 16.5. The molecule has 0 atom stereocenters. The van der Waals surface area contributed by atoms with Gasteiger partial charge in [0.2, 0.25) is 0 Å². The molecule has 2 rings (SSSR count). The number of esters is 2. The predicted octanol–water partition coefficient (Wildman–Crippen LogP) is 8.04. The topological polar surface area (TPSA) is 52.6 Å². The van der Waals surface area contributed by atoms with Crippen molar-refractivity contribution in [3.05, 3.63) is 35.4 Å². The van der Waals surface area contributed by atoms with Gasteiger partial charge >= 0.3 is 11.9 Å². The Hall–Kier alpha value is -1.84. The van der Waals surface area contributed by atoms with Crippen LogP contribution in [-0.2, 0) is 9.47 Å². The van der Waals surface area contributed by atoms with Gasteiger partial charge < -0.3 is 9.47 Å². The Kier molecular flexibility index (Phi) is 14.6. The van der Waals surface area contributed by atoms with Crippen molar-refractivity contribution in [2.45, 2.75) is 116 Å². The molecular formula is C28H44O4. The van der Waals surface area contributed by atoms with E-state index < -0.39 is 0 Å². The maximum atomic E-state index is 12.3. The second kappa shape index (κ2) is 17.7. The Morgan fingerprint density at radius 2 is 0.719 bits per heavy atom. The van der Waals surface area contributed by atoms with E-state index in [1.807, 2.05) is 0 Å². The van der Waals surface area contributed by atoms with Crippen LogP contribution < -0.4 is 0 Å². The Morgan fingerprint density at radius 3 is 1.03 bits per heavy atom. The first-order chi connectivity index (χ1) is 15.8. The highest BCUT2D eigenvalue weighted by Gasteiger charge is 2.12. The highest BCUT2D eigenvalue weighted by Crippen LogP contribution is 2.15. The van der Waals surface area contributed by atoms with E-state index >= 15 is 0 Å². The van der Waals surface area contributed by atoms with Gasteiger partial charge in [-0.05, 0) is 31.0 Å². The molecule has 1 aromatic rings. The van der Waals surface area contributed by atoms with Crippen molar-refractivity contribution < 1.29 is 19.1 Å². The zero-order valence-electron chi connectivity index (χ0n) is 20.1. The van der Waals surface area contributed by atoms with E-state index in [0.29, 0.717) is 24.3 Å². The molecule has 0 saturated heterocycles. The van der Waals surface area contributed by atoms with Gasteiger partial charge in [0.05, 0.1) is 24.3 Å². The van der Waals surface area contributed by atoms with Crippen molar-refractivity contribution in [1.29, 1.82) is 0 Å². The minimum absolute atomic E-state index is 0.364. The molecule has 0 radical (unpaired) electrons. The fourth-order valence-electron chi connectivity index (χ4n) is 4.30. The molecule has 32 heavy (non-hydrogen) atoms. The summed E-state index contributed by atoms with van der Waals surface area (Å²) in [6.45, 7) is 0.876. The van der Waals surface area contributed by atoms with E-state index in [1.54, 1.807) is 24.3 Å². The molecule has 0 spiro atoms. The first-order valence-corrected chi connectivity index (χ1v) is 13.2. The minimum atomic E-state index is -0.364. The monoisotopic (exact) mass is 444 g/mol. The van der Waals surface area contributed by atoms with Crippen LogP contribution in [-0.4, -0.2) is 25.2 Å². The third-order valence-corrected chi connectivity index (χ3v) is 6.34. The summed E-state index contributed by atoms with van der Waals surface area (Å²) in [6.07, 6.45) is 22.6. The summed E-state index contributed by atoms with van der Waals surface area (Å²) in [4.78, 5) is 24.6. The maximum Gasteiger partial charge on any atom is 0.338 e. The van der Waals surface area contributed by atoms with E-state index in [2.05, 4.69) is 0 Å². The van der Waals surface area contributed by atoms with Crippen LogP contribution >= 0.6 is 0 Å². The molecule has 0 aliphatic carbocycles. The first kappa shape index (κ1) is 26.4. The molecule has 4 nitrogen and oxygen atoms in total. The van der Waals surface area contributed by atoms with Crippen LogP contribution in [0.4, 0.5) is 0 Å². The summed E-state index contributed by atoms with van der Waals surface area (Å²) in [7, 11) is 0. The van der Waals surface area contributed by atoms with Crippen molar-refractivity contribution in [1.82, 2.24) is 0 Å². The van der Waals surface area contributed by atoms with Crippen LogP contribution in [0.25, 0.3) is 0 Å². The van der Waals surface area contributed by atoms with Gasteiger partial charge in [-0.2, -0.15) is 0 Å². The van der Waals surface area contributed by atoms with E-state index in [4.69, 9.17) is 9.47 Å². The lowest BCUT2D eigenvalue weighted by Gasteiger charge is -2.08. The molecule has 0 unspecified atom stereocenters. The second-order valence-electron chi connectivity index (χ2n) is 9.22. The Balaban J connectivity index is 1.75. The first-order valence-electron chi connectivity index (χ1n) is 13.2. The van der Waals surface area contributed by atoms with Gasteiger partial charge in [0.15, 0.2) is 0 Å². The lowest BCUT2D eigenvalue weighted by molar-refractivity contribution is 0.0496. The van der Waals surface area contributed by atoms with Crippen LogP contribution in [0.1, 0.15) is 136 Å². The third kappa shape index (κ3) is 12.3. The summed E-state index contributed by atoms with van der Waals surface area (Å²) >= 11 is 0. The number of carbonyl (C=O) groups excluding carboxylic acids is 2. The van der Waals surface area contributed by atoms with Gasteiger partial charge in [0.1, 0.15) is 0 Å². The maximum absolute atomic E-state index is 12.3. The smallest absolute Gasteiger partial charge is 0.338 e. The molecule has 1 aliphatic heterocycles. The molecular weight excluding hydrogens is 400 g/mol. The standard InChI is InChI=1S/C28H44O4/c29-27-25-20-19-21-26(24-25)28(30)32-23-18-16-14-12-10-8-6-4-2-1-3-5-7-9-11-13-15-17-22-31-27/h19-21,24H,1-18,22-23H2. The molecule has 0 saturated carbocycles. The van der Waals surface area contributed by atoms with Gasteiger partial charge in [-0.1, -0.05) is 109 Å². The molecule has 1 aromatic carbocycles. The lowest BCUT2D eigenvalue weighted by Crippen LogP contribution is -2.10. The fraction of sp³-hybridized carbons (Fsp3) is 0.714. The van der Waals surface area contributed by atoms with Crippen LogP contribution in [0.3, 0.4) is 0 Å². The van der Waals surface area contributed by atoms with Crippen molar-refractivity contribution in [2.24, 2.45) is 0 Å². The average molecular weight is 445 g/mol. The van der Waals surface area contributed by atoms with Crippen molar-refractivity contribution in [3.8, 4) is 0 Å². The van der Waals surface area contributed by atoms with Crippen LogP contribution in [0.15, 0.2) is 24.3 Å².